The monoisotopic (exact) mass is 405 g/mol. The van der Waals surface area contributed by atoms with Crippen molar-refractivity contribution in [3.63, 3.8) is 0 Å². The highest BCUT2D eigenvalue weighted by Crippen LogP contribution is 2.27. The molecule has 9 heteroatoms. The number of anilines is 1. The normalized spacial score (nSPS) is 11.0. The molecule has 0 bridgehead atoms. The molecule has 2 rings (SSSR count). The summed E-state index contributed by atoms with van der Waals surface area (Å²) in [5.74, 6) is -1.24. The van der Waals surface area contributed by atoms with Crippen molar-refractivity contribution in [2.24, 2.45) is 5.92 Å². The summed E-state index contributed by atoms with van der Waals surface area (Å²) in [6.07, 6.45) is 0. The minimum Gasteiger partial charge on any atom is -0.495 e. The van der Waals surface area contributed by atoms with Crippen LogP contribution in [-0.4, -0.2) is 27.3 Å². The van der Waals surface area contributed by atoms with Crippen molar-refractivity contribution >= 4 is 27.5 Å². The second kappa shape index (κ2) is 8.75. The first kappa shape index (κ1) is 21.2. The topological polar surface area (TPSA) is 114 Å². The molecule has 2 aromatic carbocycles. The zero-order chi connectivity index (χ0) is 20.9. The summed E-state index contributed by atoms with van der Waals surface area (Å²) in [5, 5.41) is 0. The van der Waals surface area contributed by atoms with E-state index in [4.69, 9.17) is 4.74 Å². The molecule has 0 saturated heterocycles. The number of hydrogen-bond donors (Lipinski definition) is 3. The van der Waals surface area contributed by atoms with E-state index in [-0.39, 0.29) is 28.0 Å². The Morgan fingerprint density at radius 2 is 1.64 bits per heavy atom. The lowest BCUT2D eigenvalue weighted by molar-refractivity contribution is -0.124. The van der Waals surface area contributed by atoms with Gasteiger partial charge in [-0.1, -0.05) is 31.5 Å². The molecule has 0 heterocycles. The summed E-state index contributed by atoms with van der Waals surface area (Å²) < 4.78 is 33.2. The molecular formula is C19H23N3O5S. The van der Waals surface area contributed by atoms with Gasteiger partial charge >= 0.3 is 0 Å². The summed E-state index contributed by atoms with van der Waals surface area (Å²) in [4.78, 5) is 23.6. The smallest absolute Gasteiger partial charge is 0.269 e. The van der Waals surface area contributed by atoms with E-state index in [0.717, 1.165) is 5.56 Å². The fourth-order valence-electron chi connectivity index (χ4n) is 2.19. The van der Waals surface area contributed by atoms with Crippen LogP contribution in [0.2, 0.25) is 0 Å². The number of benzene rings is 2. The molecule has 0 aromatic heterocycles. The highest BCUT2D eigenvalue weighted by atomic mass is 32.2. The Bertz CT molecular complexity index is 970. The van der Waals surface area contributed by atoms with Crippen LogP contribution in [0.1, 0.15) is 29.8 Å². The number of methoxy groups -OCH3 is 1. The SMILES string of the molecule is COc1ccc(C(=O)NNC(=O)C(C)C)cc1S(=O)(=O)Nc1ccc(C)cc1. The molecule has 0 atom stereocenters. The van der Waals surface area contributed by atoms with Crippen LogP contribution in [0.4, 0.5) is 5.69 Å². The number of rotatable bonds is 6. The second-order valence-corrected chi connectivity index (χ2v) is 8.09. The number of hydrazine groups is 1. The van der Waals surface area contributed by atoms with Gasteiger partial charge in [0.25, 0.3) is 15.9 Å². The second-order valence-electron chi connectivity index (χ2n) is 6.44. The highest BCUT2D eigenvalue weighted by molar-refractivity contribution is 7.92. The summed E-state index contributed by atoms with van der Waals surface area (Å²) in [7, 11) is -2.68. The van der Waals surface area contributed by atoms with Crippen LogP contribution in [0.25, 0.3) is 0 Å². The number of carbonyl (C=O) groups is 2. The number of sulfonamides is 1. The summed E-state index contributed by atoms with van der Waals surface area (Å²) in [6.45, 7) is 5.24. The van der Waals surface area contributed by atoms with Gasteiger partial charge in [-0.05, 0) is 37.3 Å². The van der Waals surface area contributed by atoms with Gasteiger partial charge in [-0.25, -0.2) is 8.42 Å². The van der Waals surface area contributed by atoms with Crippen LogP contribution in [0.5, 0.6) is 5.75 Å². The molecule has 0 radical (unpaired) electrons. The molecule has 0 spiro atoms. The zero-order valence-electron chi connectivity index (χ0n) is 16.1. The lowest BCUT2D eigenvalue weighted by Gasteiger charge is -2.14. The highest BCUT2D eigenvalue weighted by Gasteiger charge is 2.22. The van der Waals surface area contributed by atoms with Gasteiger partial charge in [0.1, 0.15) is 10.6 Å². The molecule has 0 unspecified atom stereocenters. The van der Waals surface area contributed by atoms with Gasteiger partial charge in [-0.2, -0.15) is 0 Å². The predicted molar refractivity (Wildman–Crippen MR) is 105 cm³/mol. The van der Waals surface area contributed by atoms with Crippen LogP contribution in [0, 0.1) is 12.8 Å². The Kier molecular flexibility index (Phi) is 6.63. The minimum absolute atomic E-state index is 0.0501. The van der Waals surface area contributed by atoms with Crippen LogP contribution in [0.3, 0.4) is 0 Å². The van der Waals surface area contributed by atoms with Crippen molar-refractivity contribution in [3.8, 4) is 5.75 Å². The van der Waals surface area contributed by atoms with Gasteiger partial charge in [0, 0.05) is 17.2 Å². The molecular weight excluding hydrogens is 382 g/mol. The third kappa shape index (κ3) is 5.23. The maximum atomic E-state index is 12.8. The van der Waals surface area contributed by atoms with Crippen LogP contribution in [-0.2, 0) is 14.8 Å². The van der Waals surface area contributed by atoms with Crippen molar-refractivity contribution in [2.45, 2.75) is 25.7 Å². The van der Waals surface area contributed by atoms with Gasteiger partial charge in [-0.15, -0.1) is 0 Å². The average Bonchev–Trinajstić information content (AvgIpc) is 2.66. The first-order valence-electron chi connectivity index (χ1n) is 8.51. The number of aryl methyl sites for hydroxylation is 1. The molecule has 0 aliphatic rings. The van der Waals surface area contributed by atoms with E-state index in [1.54, 1.807) is 38.1 Å². The van der Waals surface area contributed by atoms with Gasteiger partial charge in [0.05, 0.1) is 7.11 Å². The number of hydrogen-bond acceptors (Lipinski definition) is 5. The van der Waals surface area contributed by atoms with E-state index in [2.05, 4.69) is 15.6 Å². The number of amides is 2. The third-order valence-corrected chi connectivity index (χ3v) is 5.25. The van der Waals surface area contributed by atoms with Gasteiger partial charge in [0.2, 0.25) is 5.91 Å². The molecule has 3 N–H and O–H groups in total. The van der Waals surface area contributed by atoms with Crippen LogP contribution < -0.4 is 20.3 Å². The molecule has 0 aliphatic heterocycles. The Morgan fingerprint density at radius 3 is 2.21 bits per heavy atom. The van der Waals surface area contributed by atoms with Crippen molar-refractivity contribution in [1.29, 1.82) is 0 Å². The number of ether oxygens (including phenoxy) is 1. The van der Waals surface area contributed by atoms with Gasteiger partial charge < -0.3 is 4.74 Å². The van der Waals surface area contributed by atoms with E-state index in [1.807, 2.05) is 6.92 Å². The first-order chi connectivity index (χ1) is 13.1. The van der Waals surface area contributed by atoms with E-state index < -0.39 is 15.9 Å². The summed E-state index contributed by atoms with van der Waals surface area (Å²) in [6, 6.07) is 10.8. The predicted octanol–water partition coefficient (Wildman–Crippen LogP) is 2.22. The lowest BCUT2D eigenvalue weighted by atomic mass is 10.2. The van der Waals surface area contributed by atoms with E-state index in [0.29, 0.717) is 5.69 Å². The largest absolute Gasteiger partial charge is 0.495 e. The molecule has 2 aromatic rings. The van der Waals surface area contributed by atoms with E-state index in [9.17, 15) is 18.0 Å². The van der Waals surface area contributed by atoms with Gasteiger partial charge in [-0.3, -0.25) is 25.2 Å². The van der Waals surface area contributed by atoms with E-state index in [1.165, 1.54) is 25.3 Å². The van der Waals surface area contributed by atoms with Crippen molar-refractivity contribution < 1.29 is 22.7 Å². The molecule has 0 saturated carbocycles. The Hall–Kier alpha value is -3.07. The van der Waals surface area contributed by atoms with Crippen LogP contribution >= 0.6 is 0 Å². The van der Waals surface area contributed by atoms with Crippen molar-refractivity contribution in [3.05, 3.63) is 53.6 Å². The Balaban J connectivity index is 2.29. The average molecular weight is 405 g/mol. The molecule has 0 fully saturated rings. The van der Waals surface area contributed by atoms with Crippen molar-refractivity contribution in [2.75, 3.05) is 11.8 Å². The maximum Gasteiger partial charge on any atom is 0.269 e. The van der Waals surface area contributed by atoms with E-state index >= 15 is 0 Å². The fourth-order valence-corrected chi connectivity index (χ4v) is 3.45. The van der Waals surface area contributed by atoms with Gasteiger partial charge in [0.15, 0.2) is 0 Å². The number of carbonyl (C=O) groups excluding carboxylic acids is 2. The molecule has 150 valence electrons. The molecule has 0 aliphatic carbocycles. The number of nitrogens with one attached hydrogen (secondary N) is 3. The standard InChI is InChI=1S/C19H23N3O5S/c1-12(2)18(23)20-21-19(24)14-7-10-16(27-4)17(11-14)28(25,26)22-15-8-5-13(3)6-9-15/h5-12,22H,1-4H3,(H,20,23)(H,21,24). The maximum absolute atomic E-state index is 12.8. The fraction of sp³-hybridized carbons (Fsp3) is 0.263. The Labute approximate surface area is 164 Å². The molecule has 28 heavy (non-hydrogen) atoms. The summed E-state index contributed by atoms with van der Waals surface area (Å²) >= 11 is 0. The minimum atomic E-state index is -4.01. The molecule has 2 amide bonds. The lowest BCUT2D eigenvalue weighted by Crippen LogP contribution is -2.43. The quantitative estimate of drug-likeness (QED) is 0.638. The molecule has 8 nitrogen and oxygen atoms in total. The zero-order valence-corrected chi connectivity index (χ0v) is 16.9. The summed E-state index contributed by atoms with van der Waals surface area (Å²) in [5.41, 5.74) is 5.95. The van der Waals surface area contributed by atoms with Crippen LogP contribution in [0.15, 0.2) is 47.4 Å². The Morgan fingerprint density at radius 1 is 1.00 bits per heavy atom. The van der Waals surface area contributed by atoms with Crippen molar-refractivity contribution in [1.82, 2.24) is 10.9 Å². The third-order valence-electron chi connectivity index (χ3n) is 3.84. The first-order valence-corrected chi connectivity index (χ1v) is 10.00.